The molecule has 0 saturated carbocycles. The van der Waals surface area contributed by atoms with Gasteiger partial charge in [0.1, 0.15) is 0 Å². The Morgan fingerprint density at radius 2 is 1.85 bits per heavy atom. The fourth-order valence-corrected chi connectivity index (χ4v) is 2.41. The second-order valence-corrected chi connectivity index (χ2v) is 5.35. The van der Waals surface area contributed by atoms with E-state index in [0.717, 1.165) is 24.8 Å². The van der Waals surface area contributed by atoms with Crippen molar-refractivity contribution in [3.8, 4) is 0 Å². The highest BCUT2D eigenvalue weighted by molar-refractivity contribution is 5.83. The molecule has 106 valence electrons. The molecule has 1 unspecified atom stereocenters. The minimum Gasteiger partial charge on any atom is -0.350 e. The Hall–Kier alpha value is -1.83. The lowest BCUT2D eigenvalue weighted by Crippen LogP contribution is -2.26. The average molecular weight is 269 g/mol. The van der Waals surface area contributed by atoms with Crippen molar-refractivity contribution in [3.63, 3.8) is 0 Å². The largest absolute Gasteiger partial charge is 0.350 e. The maximum atomic E-state index is 11.9. The molecule has 1 amide bonds. The zero-order chi connectivity index (χ0) is 14.4. The van der Waals surface area contributed by atoms with E-state index in [4.69, 9.17) is 0 Å². The SMILES string of the molecule is CCCCCC(=O)NC(C)c1ccc2ccccc2c1. The van der Waals surface area contributed by atoms with Gasteiger partial charge in [0.05, 0.1) is 6.04 Å². The highest BCUT2D eigenvalue weighted by Crippen LogP contribution is 2.20. The van der Waals surface area contributed by atoms with Crippen LogP contribution in [0.3, 0.4) is 0 Å². The van der Waals surface area contributed by atoms with Gasteiger partial charge in [0, 0.05) is 6.42 Å². The van der Waals surface area contributed by atoms with Gasteiger partial charge in [-0.15, -0.1) is 0 Å². The van der Waals surface area contributed by atoms with Crippen molar-refractivity contribution < 1.29 is 4.79 Å². The van der Waals surface area contributed by atoms with Crippen molar-refractivity contribution in [1.82, 2.24) is 5.32 Å². The van der Waals surface area contributed by atoms with Crippen LogP contribution in [0.2, 0.25) is 0 Å². The molecule has 0 spiro atoms. The number of rotatable bonds is 6. The third-order valence-corrected chi connectivity index (χ3v) is 3.66. The highest BCUT2D eigenvalue weighted by atomic mass is 16.1. The minimum atomic E-state index is 0.0636. The van der Waals surface area contributed by atoms with Gasteiger partial charge in [0.2, 0.25) is 5.91 Å². The molecule has 2 heteroatoms. The van der Waals surface area contributed by atoms with Crippen LogP contribution in [0, 0.1) is 0 Å². The Morgan fingerprint density at radius 3 is 2.60 bits per heavy atom. The first-order valence-corrected chi connectivity index (χ1v) is 7.48. The molecule has 0 aliphatic carbocycles. The van der Waals surface area contributed by atoms with Crippen LogP contribution in [0.1, 0.15) is 51.1 Å². The Kier molecular flexibility index (Phi) is 5.16. The predicted molar refractivity (Wildman–Crippen MR) is 84.6 cm³/mol. The van der Waals surface area contributed by atoms with Gasteiger partial charge in [0.25, 0.3) is 0 Å². The van der Waals surface area contributed by atoms with E-state index in [1.165, 1.54) is 10.8 Å². The summed E-state index contributed by atoms with van der Waals surface area (Å²) in [7, 11) is 0. The molecule has 2 aromatic carbocycles. The van der Waals surface area contributed by atoms with E-state index in [0.29, 0.717) is 6.42 Å². The first kappa shape index (κ1) is 14.6. The fraction of sp³-hybridized carbons (Fsp3) is 0.389. The van der Waals surface area contributed by atoms with Gasteiger partial charge in [-0.25, -0.2) is 0 Å². The van der Waals surface area contributed by atoms with Crippen LogP contribution in [0.25, 0.3) is 10.8 Å². The van der Waals surface area contributed by atoms with Gasteiger partial charge < -0.3 is 5.32 Å². The minimum absolute atomic E-state index is 0.0636. The summed E-state index contributed by atoms with van der Waals surface area (Å²) in [5, 5.41) is 5.53. The number of amides is 1. The molecule has 2 nitrogen and oxygen atoms in total. The number of carbonyl (C=O) groups is 1. The van der Waals surface area contributed by atoms with Gasteiger partial charge in [-0.1, -0.05) is 56.2 Å². The van der Waals surface area contributed by atoms with Crippen LogP contribution in [0.15, 0.2) is 42.5 Å². The number of fused-ring (bicyclic) bond motifs is 1. The Bertz CT molecular complexity index is 576. The molecular formula is C18H23NO. The van der Waals surface area contributed by atoms with Gasteiger partial charge in [0.15, 0.2) is 0 Å². The van der Waals surface area contributed by atoms with Gasteiger partial charge in [-0.3, -0.25) is 4.79 Å². The molecule has 0 radical (unpaired) electrons. The number of hydrogen-bond acceptors (Lipinski definition) is 1. The number of benzene rings is 2. The lowest BCUT2D eigenvalue weighted by atomic mass is 10.0. The molecule has 2 aromatic rings. The van der Waals surface area contributed by atoms with E-state index in [9.17, 15) is 4.79 Å². The third-order valence-electron chi connectivity index (χ3n) is 3.66. The summed E-state index contributed by atoms with van der Waals surface area (Å²) >= 11 is 0. The van der Waals surface area contributed by atoms with Crippen LogP contribution in [-0.4, -0.2) is 5.91 Å². The molecule has 1 atom stereocenters. The first-order valence-electron chi connectivity index (χ1n) is 7.48. The molecule has 2 rings (SSSR count). The average Bonchev–Trinajstić information content (AvgIpc) is 2.47. The summed E-state index contributed by atoms with van der Waals surface area (Å²) in [6, 6.07) is 14.7. The number of nitrogens with one attached hydrogen (secondary N) is 1. The molecule has 0 aliphatic rings. The quantitative estimate of drug-likeness (QED) is 0.763. The van der Waals surface area contributed by atoms with E-state index in [-0.39, 0.29) is 11.9 Å². The maximum Gasteiger partial charge on any atom is 0.220 e. The van der Waals surface area contributed by atoms with E-state index in [2.05, 4.69) is 42.6 Å². The normalized spacial score (nSPS) is 12.3. The van der Waals surface area contributed by atoms with Gasteiger partial charge in [-0.05, 0) is 35.7 Å². The molecule has 0 bridgehead atoms. The zero-order valence-electron chi connectivity index (χ0n) is 12.4. The van der Waals surface area contributed by atoms with Crippen LogP contribution in [0.5, 0.6) is 0 Å². The van der Waals surface area contributed by atoms with E-state index < -0.39 is 0 Å². The standard InChI is InChI=1S/C18H23NO/c1-3-4-5-10-18(20)19-14(2)16-12-11-15-8-6-7-9-17(15)13-16/h6-9,11-14H,3-5,10H2,1-2H3,(H,19,20). The smallest absolute Gasteiger partial charge is 0.220 e. The predicted octanol–water partition coefficient (Wildman–Crippen LogP) is 4.60. The van der Waals surface area contributed by atoms with Crippen LogP contribution in [-0.2, 0) is 4.79 Å². The molecule has 0 saturated heterocycles. The third kappa shape index (κ3) is 3.83. The second kappa shape index (κ2) is 7.09. The van der Waals surface area contributed by atoms with Crippen LogP contribution in [0.4, 0.5) is 0 Å². The molecule has 0 fully saturated rings. The molecule has 20 heavy (non-hydrogen) atoms. The monoisotopic (exact) mass is 269 g/mol. The second-order valence-electron chi connectivity index (χ2n) is 5.35. The molecule has 0 heterocycles. The van der Waals surface area contributed by atoms with Crippen molar-refractivity contribution in [2.45, 2.75) is 45.6 Å². The number of carbonyl (C=O) groups excluding carboxylic acids is 1. The molecule has 0 aromatic heterocycles. The summed E-state index contributed by atoms with van der Waals surface area (Å²) in [5.74, 6) is 0.152. The molecular weight excluding hydrogens is 246 g/mol. The lowest BCUT2D eigenvalue weighted by Gasteiger charge is -2.15. The van der Waals surface area contributed by atoms with Gasteiger partial charge in [-0.2, -0.15) is 0 Å². The zero-order valence-corrected chi connectivity index (χ0v) is 12.4. The van der Waals surface area contributed by atoms with Crippen molar-refractivity contribution in [2.24, 2.45) is 0 Å². The van der Waals surface area contributed by atoms with Crippen molar-refractivity contribution >= 4 is 16.7 Å². The number of hydrogen-bond donors (Lipinski definition) is 1. The Balaban J connectivity index is 2.00. The maximum absolute atomic E-state index is 11.9. The van der Waals surface area contributed by atoms with E-state index in [1.807, 2.05) is 19.1 Å². The topological polar surface area (TPSA) is 29.1 Å². The first-order chi connectivity index (χ1) is 9.70. The fourth-order valence-electron chi connectivity index (χ4n) is 2.41. The summed E-state index contributed by atoms with van der Waals surface area (Å²) in [6.07, 6.45) is 3.88. The summed E-state index contributed by atoms with van der Waals surface area (Å²) in [5.41, 5.74) is 1.16. The molecule has 0 aliphatic heterocycles. The Labute approximate surface area is 121 Å². The van der Waals surface area contributed by atoms with E-state index >= 15 is 0 Å². The summed E-state index contributed by atoms with van der Waals surface area (Å²) in [4.78, 5) is 11.9. The summed E-state index contributed by atoms with van der Waals surface area (Å²) in [6.45, 7) is 4.19. The van der Waals surface area contributed by atoms with Crippen LogP contribution >= 0.6 is 0 Å². The van der Waals surface area contributed by atoms with Crippen molar-refractivity contribution in [1.29, 1.82) is 0 Å². The molecule has 1 N–H and O–H groups in total. The van der Waals surface area contributed by atoms with Crippen molar-refractivity contribution in [3.05, 3.63) is 48.0 Å². The van der Waals surface area contributed by atoms with E-state index in [1.54, 1.807) is 0 Å². The lowest BCUT2D eigenvalue weighted by molar-refractivity contribution is -0.121. The highest BCUT2D eigenvalue weighted by Gasteiger charge is 2.09. The van der Waals surface area contributed by atoms with Gasteiger partial charge >= 0.3 is 0 Å². The Morgan fingerprint density at radius 1 is 1.10 bits per heavy atom. The van der Waals surface area contributed by atoms with Crippen LogP contribution < -0.4 is 5.32 Å². The van der Waals surface area contributed by atoms with Crippen molar-refractivity contribution in [2.75, 3.05) is 0 Å². The number of unbranched alkanes of at least 4 members (excludes halogenated alkanes) is 2. The summed E-state index contributed by atoms with van der Waals surface area (Å²) < 4.78 is 0.